The van der Waals surface area contributed by atoms with Gasteiger partial charge in [-0.2, -0.15) is 4.98 Å². The lowest BCUT2D eigenvalue weighted by Crippen LogP contribution is -2.36. The van der Waals surface area contributed by atoms with Gasteiger partial charge < -0.3 is 19.5 Å². The van der Waals surface area contributed by atoms with E-state index in [9.17, 15) is 4.79 Å². The van der Waals surface area contributed by atoms with Gasteiger partial charge in [-0.05, 0) is 29.8 Å². The molecule has 0 unspecified atom stereocenters. The van der Waals surface area contributed by atoms with Crippen LogP contribution >= 0.6 is 0 Å². The van der Waals surface area contributed by atoms with Crippen LogP contribution in [0, 0.1) is 6.92 Å². The summed E-state index contributed by atoms with van der Waals surface area (Å²) >= 11 is 0. The van der Waals surface area contributed by atoms with Gasteiger partial charge in [0.05, 0.1) is 13.2 Å². The first-order valence-corrected chi connectivity index (χ1v) is 7.18. The maximum absolute atomic E-state index is 11.2. The van der Waals surface area contributed by atoms with Crippen LogP contribution in [0.2, 0.25) is 0 Å². The zero-order valence-electron chi connectivity index (χ0n) is 12.6. The molecule has 1 saturated heterocycles. The second-order valence-electron chi connectivity index (χ2n) is 5.21. The van der Waals surface area contributed by atoms with Crippen LogP contribution in [-0.4, -0.2) is 42.4 Å². The number of anilines is 2. The summed E-state index contributed by atoms with van der Waals surface area (Å²) in [5.41, 5.74) is 2.50. The van der Waals surface area contributed by atoms with Crippen LogP contribution < -0.4 is 10.2 Å². The average Bonchev–Trinajstić information content (AvgIpc) is 3.00. The molecule has 3 rings (SSSR count). The molecular weight excluding hydrogens is 284 g/mol. The summed E-state index contributed by atoms with van der Waals surface area (Å²) in [7, 11) is 0. The van der Waals surface area contributed by atoms with Gasteiger partial charge in [0.1, 0.15) is 0 Å². The van der Waals surface area contributed by atoms with E-state index in [-0.39, 0.29) is 5.91 Å². The number of nitrogens with one attached hydrogen (secondary N) is 1. The Labute approximate surface area is 128 Å². The number of carbonyl (C=O) groups excluding carboxylic acids is 1. The van der Waals surface area contributed by atoms with Gasteiger partial charge in [0, 0.05) is 31.3 Å². The molecule has 1 amide bonds. The zero-order chi connectivity index (χ0) is 15.5. The number of rotatable bonds is 3. The van der Waals surface area contributed by atoms with Crippen molar-refractivity contribution in [3.63, 3.8) is 0 Å². The average molecular weight is 302 g/mol. The highest BCUT2D eigenvalue weighted by Gasteiger charge is 2.18. The maximum Gasteiger partial charge on any atom is 0.266 e. The molecule has 1 N–H and O–H groups in total. The fourth-order valence-corrected chi connectivity index (χ4v) is 2.30. The van der Waals surface area contributed by atoms with Gasteiger partial charge in [0.15, 0.2) is 0 Å². The van der Waals surface area contributed by atoms with Crippen molar-refractivity contribution < 1.29 is 14.1 Å². The highest BCUT2D eigenvalue weighted by Crippen LogP contribution is 2.26. The number of ether oxygens (including phenoxy) is 1. The van der Waals surface area contributed by atoms with E-state index in [0.717, 1.165) is 29.9 Å². The number of aryl methyl sites for hydroxylation is 1. The normalized spacial score (nSPS) is 14.9. The molecule has 7 heteroatoms. The standard InChI is InChI=1S/C15H18N4O3/c1-10-3-4-12(9-13(10)16-11(2)20)14-17-15(18-22-14)19-5-7-21-8-6-19/h3-4,9H,5-8H2,1-2H3,(H,16,20). The summed E-state index contributed by atoms with van der Waals surface area (Å²) in [6.07, 6.45) is 0. The van der Waals surface area contributed by atoms with E-state index in [1.807, 2.05) is 30.0 Å². The third kappa shape index (κ3) is 3.09. The van der Waals surface area contributed by atoms with Crippen molar-refractivity contribution in [3.05, 3.63) is 23.8 Å². The molecule has 0 aliphatic carbocycles. The van der Waals surface area contributed by atoms with Gasteiger partial charge in [0.2, 0.25) is 5.91 Å². The number of carbonyl (C=O) groups is 1. The quantitative estimate of drug-likeness (QED) is 0.932. The lowest BCUT2D eigenvalue weighted by Gasteiger charge is -2.24. The molecule has 0 radical (unpaired) electrons. The summed E-state index contributed by atoms with van der Waals surface area (Å²) in [5, 5.41) is 6.82. The van der Waals surface area contributed by atoms with E-state index in [1.165, 1.54) is 6.92 Å². The predicted octanol–water partition coefficient (Wildman–Crippen LogP) is 1.84. The van der Waals surface area contributed by atoms with Crippen molar-refractivity contribution in [2.24, 2.45) is 0 Å². The molecular formula is C15H18N4O3. The molecule has 1 aromatic carbocycles. The van der Waals surface area contributed by atoms with Crippen molar-refractivity contribution in [1.29, 1.82) is 0 Å². The van der Waals surface area contributed by atoms with Gasteiger partial charge in [-0.25, -0.2) is 0 Å². The molecule has 2 heterocycles. The van der Waals surface area contributed by atoms with E-state index in [4.69, 9.17) is 9.26 Å². The van der Waals surface area contributed by atoms with Crippen LogP contribution in [0.3, 0.4) is 0 Å². The number of hydrogen-bond donors (Lipinski definition) is 1. The summed E-state index contributed by atoms with van der Waals surface area (Å²) < 4.78 is 10.7. The molecule has 0 spiro atoms. The van der Waals surface area contributed by atoms with E-state index >= 15 is 0 Å². The highest BCUT2D eigenvalue weighted by atomic mass is 16.5. The Kier molecular flexibility index (Phi) is 4.06. The minimum Gasteiger partial charge on any atom is -0.378 e. The molecule has 22 heavy (non-hydrogen) atoms. The third-order valence-corrected chi connectivity index (χ3v) is 3.50. The predicted molar refractivity (Wildman–Crippen MR) is 81.8 cm³/mol. The number of benzene rings is 1. The van der Waals surface area contributed by atoms with Crippen LogP contribution in [0.1, 0.15) is 12.5 Å². The van der Waals surface area contributed by atoms with Crippen molar-refractivity contribution >= 4 is 17.5 Å². The Morgan fingerprint density at radius 3 is 2.82 bits per heavy atom. The van der Waals surface area contributed by atoms with Crippen LogP contribution in [0.15, 0.2) is 22.7 Å². The summed E-state index contributed by atoms with van der Waals surface area (Å²) in [5.74, 6) is 0.896. The van der Waals surface area contributed by atoms with Crippen LogP contribution in [0.4, 0.5) is 11.6 Å². The van der Waals surface area contributed by atoms with E-state index < -0.39 is 0 Å². The van der Waals surface area contributed by atoms with E-state index in [1.54, 1.807) is 0 Å². The second kappa shape index (κ2) is 6.15. The number of aromatic nitrogens is 2. The lowest BCUT2D eigenvalue weighted by atomic mass is 10.1. The second-order valence-corrected chi connectivity index (χ2v) is 5.21. The molecule has 1 aromatic heterocycles. The first-order chi connectivity index (χ1) is 10.6. The van der Waals surface area contributed by atoms with Crippen LogP contribution in [0.5, 0.6) is 0 Å². The minimum absolute atomic E-state index is 0.111. The molecule has 1 fully saturated rings. The molecule has 0 atom stereocenters. The summed E-state index contributed by atoms with van der Waals surface area (Å²) in [4.78, 5) is 17.7. The fourth-order valence-electron chi connectivity index (χ4n) is 2.30. The zero-order valence-corrected chi connectivity index (χ0v) is 12.6. The first-order valence-electron chi connectivity index (χ1n) is 7.18. The fraction of sp³-hybridized carbons (Fsp3) is 0.400. The number of nitrogens with zero attached hydrogens (tertiary/aromatic N) is 3. The number of amides is 1. The molecule has 0 saturated carbocycles. The topological polar surface area (TPSA) is 80.5 Å². The minimum atomic E-state index is -0.111. The Morgan fingerprint density at radius 1 is 1.32 bits per heavy atom. The molecule has 1 aliphatic rings. The van der Waals surface area contributed by atoms with Crippen LogP contribution in [0.25, 0.3) is 11.5 Å². The van der Waals surface area contributed by atoms with Crippen molar-refractivity contribution in [2.45, 2.75) is 13.8 Å². The molecule has 0 bridgehead atoms. The third-order valence-electron chi connectivity index (χ3n) is 3.50. The van der Waals surface area contributed by atoms with Gasteiger partial charge in [0.25, 0.3) is 11.8 Å². The van der Waals surface area contributed by atoms with E-state index in [0.29, 0.717) is 25.1 Å². The van der Waals surface area contributed by atoms with Gasteiger partial charge >= 0.3 is 0 Å². The number of morpholine rings is 1. The lowest BCUT2D eigenvalue weighted by molar-refractivity contribution is -0.114. The van der Waals surface area contributed by atoms with Crippen molar-refractivity contribution in [1.82, 2.24) is 10.1 Å². The van der Waals surface area contributed by atoms with E-state index in [2.05, 4.69) is 15.5 Å². The summed E-state index contributed by atoms with van der Waals surface area (Å²) in [6.45, 7) is 6.26. The Balaban J connectivity index is 1.84. The summed E-state index contributed by atoms with van der Waals surface area (Å²) in [6, 6.07) is 5.66. The smallest absolute Gasteiger partial charge is 0.266 e. The SMILES string of the molecule is CC(=O)Nc1cc(-c2nc(N3CCOCC3)no2)ccc1C. The monoisotopic (exact) mass is 302 g/mol. The Hall–Kier alpha value is -2.41. The first kappa shape index (κ1) is 14.5. The van der Waals surface area contributed by atoms with Crippen LogP contribution in [-0.2, 0) is 9.53 Å². The van der Waals surface area contributed by atoms with Gasteiger partial charge in [-0.3, -0.25) is 4.79 Å². The largest absolute Gasteiger partial charge is 0.378 e. The van der Waals surface area contributed by atoms with Crippen molar-refractivity contribution in [2.75, 3.05) is 36.5 Å². The Bertz CT molecular complexity index is 677. The molecule has 116 valence electrons. The molecule has 2 aromatic rings. The number of hydrogen-bond acceptors (Lipinski definition) is 6. The van der Waals surface area contributed by atoms with Gasteiger partial charge in [-0.15, -0.1) is 0 Å². The Morgan fingerprint density at radius 2 is 2.09 bits per heavy atom. The van der Waals surface area contributed by atoms with Gasteiger partial charge in [-0.1, -0.05) is 6.07 Å². The van der Waals surface area contributed by atoms with Crippen molar-refractivity contribution in [3.8, 4) is 11.5 Å². The molecule has 1 aliphatic heterocycles. The highest BCUT2D eigenvalue weighted by molar-refractivity contribution is 5.90. The molecule has 7 nitrogen and oxygen atoms in total. The maximum atomic E-state index is 11.2.